The maximum Gasteiger partial charge on any atom is 0.303 e. The Balaban J connectivity index is 2.01. The van der Waals surface area contributed by atoms with Gasteiger partial charge in [0.15, 0.2) is 0 Å². The van der Waals surface area contributed by atoms with Crippen LogP contribution >= 0.6 is 0 Å². The number of nitrogens with zero attached hydrogens (tertiary/aromatic N) is 1. The van der Waals surface area contributed by atoms with Crippen LogP contribution in [0.5, 0.6) is 5.75 Å². The van der Waals surface area contributed by atoms with Crippen LogP contribution in [0.4, 0.5) is 0 Å². The molecule has 4 unspecified atom stereocenters. The Kier molecular flexibility index (Phi) is 3.21. The zero-order valence-electron chi connectivity index (χ0n) is 11.6. The fourth-order valence-corrected chi connectivity index (χ4v) is 4.09. The second-order valence-electron chi connectivity index (χ2n) is 5.96. The highest BCUT2D eigenvalue weighted by atomic mass is 16.4. The number of carboxylic acids is 1. The van der Waals surface area contributed by atoms with Gasteiger partial charge in [-0.15, -0.1) is 0 Å². The smallest absolute Gasteiger partial charge is 0.303 e. The van der Waals surface area contributed by atoms with E-state index in [9.17, 15) is 15.2 Å². The van der Waals surface area contributed by atoms with Crippen LogP contribution in [0.2, 0.25) is 0 Å². The minimum atomic E-state index is -0.820. The summed E-state index contributed by atoms with van der Waals surface area (Å²) >= 11 is 0. The van der Waals surface area contributed by atoms with Crippen LogP contribution in [0.25, 0.3) is 0 Å². The van der Waals surface area contributed by atoms with Gasteiger partial charge in [-0.3, -0.25) is 4.79 Å². The van der Waals surface area contributed by atoms with Gasteiger partial charge < -0.3 is 10.2 Å². The van der Waals surface area contributed by atoms with Crippen LogP contribution in [-0.2, 0) is 10.2 Å². The molecule has 1 saturated carbocycles. The van der Waals surface area contributed by atoms with Gasteiger partial charge in [-0.25, -0.2) is 0 Å². The number of phenols is 1. The van der Waals surface area contributed by atoms with E-state index in [1.54, 1.807) is 24.3 Å². The lowest BCUT2D eigenvalue weighted by Crippen LogP contribution is -2.38. The predicted molar refractivity (Wildman–Crippen MR) is 76.5 cm³/mol. The third-order valence-electron chi connectivity index (χ3n) is 5.00. The first-order valence-corrected chi connectivity index (χ1v) is 7.19. The number of phenolic OH excluding ortho intramolecular Hbond substituents is 1. The Hall–Kier alpha value is -2.28. The highest BCUT2D eigenvalue weighted by molar-refractivity contribution is 5.66. The molecule has 0 heterocycles. The Morgan fingerprint density at radius 3 is 2.67 bits per heavy atom. The fourth-order valence-electron chi connectivity index (χ4n) is 4.09. The third kappa shape index (κ3) is 2.01. The number of allylic oxidation sites excluding steroid dienone is 2. The van der Waals surface area contributed by atoms with E-state index in [1.807, 2.05) is 0 Å². The zero-order chi connectivity index (χ0) is 15.0. The third-order valence-corrected chi connectivity index (χ3v) is 5.00. The topological polar surface area (TPSA) is 81.3 Å². The fraction of sp³-hybridized carbons (Fsp3) is 0.412. The number of rotatable bonds is 4. The molecule has 0 radical (unpaired) electrons. The number of carbonyl (C=O) groups is 1. The van der Waals surface area contributed by atoms with Crippen LogP contribution < -0.4 is 0 Å². The summed E-state index contributed by atoms with van der Waals surface area (Å²) in [6.07, 6.45) is 5.74. The van der Waals surface area contributed by atoms with Crippen molar-refractivity contribution in [2.24, 2.45) is 17.8 Å². The number of benzene rings is 1. The number of aliphatic carboxylic acids is 1. The zero-order valence-corrected chi connectivity index (χ0v) is 11.6. The van der Waals surface area contributed by atoms with Crippen molar-refractivity contribution in [3.8, 4) is 11.8 Å². The quantitative estimate of drug-likeness (QED) is 0.832. The van der Waals surface area contributed by atoms with Gasteiger partial charge in [-0.05, 0) is 42.4 Å². The lowest BCUT2D eigenvalue weighted by atomic mass is 9.64. The van der Waals surface area contributed by atoms with Crippen molar-refractivity contribution in [3.05, 3.63) is 42.0 Å². The van der Waals surface area contributed by atoms with Crippen LogP contribution in [0.1, 0.15) is 24.8 Å². The molecule has 0 spiro atoms. The maximum absolute atomic E-state index is 10.9. The molecule has 4 atom stereocenters. The summed E-state index contributed by atoms with van der Waals surface area (Å²) < 4.78 is 0. The molecule has 21 heavy (non-hydrogen) atoms. The van der Waals surface area contributed by atoms with Crippen molar-refractivity contribution in [3.63, 3.8) is 0 Å². The largest absolute Gasteiger partial charge is 0.508 e. The first kappa shape index (κ1) is 13.7. The molecule has 2 bridgehead atoms. The molecule has 3 rings (SSSR count). The molecule has 0 aromatic heterocycles. The van der Waals surface area contributed by atoms with Gasteiger partial charge in [0.05, 0.1) is 11.5 Å². The average Bonchev–Trinajstić information content (AvgIpc) is 3.05. The van der Waals surface area contributed by atoms with E-state index in [0.717, 1.165) is 12.0 Å². The molecule has 2 N–H and O–H groups in total. The van der Waals surface area contributed by atoms with Crippen molar-refractivity contribution >= 4 is 5.97 Å². The van der Waals surface area contributed by atoms with Gasteiger partial charge >= 0.3 is 5.97 Å². The van der Waals surface area contributed by atoms with Gasteiger partial charge in [0.2, 0.25) is 0 Å². The van der Waals surface area contributed by atoms with Crippen LogP contribution in [-0.4, -0.2) is 16.2 Å². The number of hydrogen-bond donors (Lipinski definition) is 2. The number of nitriles is 1. The maximum atomic E-state index is 10.9. The molecule has 2 aliphatic rings. The molecular formula is C17H17NO3. The summed E-state index contributed by atoms with van der Waals surface area (Å²) in [7, 11) is 0. The molecule has 1 fully saturated rings. The van der Waals surface area contributed by atoms with Crippen LogP contribution in [0, 0.1) is 29.1 Å². The molecule has 2 aliphatic carbocycles. The number of aromatic hydroxyl groups is 1. The lowest BCUT2D eigenvalue weighted by Gasteiger charge is -2.36. The monoisotopic (exact) mass is 283 g/mol. The number of fused-ring (bicyclic) bond motifs is 2. The van der Waals surface area contributed by atoms with Crippen LogP contribution in [0.15, 0.2) is 36.4 Å². The summed E-state index contributed by atoms with van der Waals surface area (Å²) in [5.74, 6) is -0.205. The average molecular weight is 283 g/mol. The SMILES string of the molecule is N#CC1(c2ccc(O)cc2)C2C=CC(C2)C1CCC(=O)O. The Labute approximate surface area is 123 Å². The molecule has 0 aliphatic heterocycles. The summed E-state index contributed by atoms with van der Waals surface area (Å²) in [5.41, 5.74) is 0.220. The van der Waals surface area contributed by atoms with E-state index in [2.05, 4.69) is 18.2 Å². The highest BCUT2D eigenvalue weighted by Crippen LogP contribution is 2.58. The van der Waals surface area contributed by atoms with Crippen molar-refractivity contribution in [1.82, 2.24) is 0 Å². The van der Waals surface area contributed by atoms with Gasteiger partial charge in [0, 0.05) is 12.3 Å². The molecule has 108 valence electrons. The predicted octanol–water partition coefficient (Wildman–Crippen LogP) is 2.84. The van der Waals surface area contributed by atoms with Gasteiger partial charge in [0.1, 0.15) is 5.75 Å². The van der Waals surface area contributed by atoms with E-state index in [-0.39, 0.29) is 29.9 Å². The Morgan fingerprint density at radius 1 is 1.33 bits per heavy atom. The van der Waals surface area contributed by atoms with Crippen LogP contribution in [0.3, 0.4) is 0 Å². The second kappa shape index (κ2) is 4.92. The van der Waals surface area contributed by atoms with E-state index in [1.165, 1.54) is 0 Å². The number of carboxylic acid groups (broad SMARTS) is 1. The van der Waals surface area contributed by atoms with Gasteiger partial charge in [-0.1, -0.05) is 24.3 Å². The lowest BCUT2D eigenvalue weighted by molar-refractivity contribution is -0.137. The van der Waals surface area contributed by atoms with Crippen molar-refractivity contribution < 1.29 is 15.0 Å². The molecular weight excluding hydrogens is 266 g/mol. The molecule has 0 saturated heterocycles. The van der Waals surface area contributed by atoms with E-state index in [0.29, 0.717) is 6.42 Å². The minimum Gasteiger partial charge on any atom is -0.508 e. The van der Waals surface area contributed by atoms with Crippen molar-refractivity contribution in [2.45, 2.75) is 24.7 Å². The molecule has 1 aromatic rings. The Morgan fingerprint density at radius 2 is 2.05 bits per heavy atom. The van der Waals surface area contributed by atoms with E-state index >= 15 is 0 Å². The molecule has 4 heteroatoms. The highest BCUT2D eigenvalue weighted by Gasteiger charge is 2.57. The second-order valence-corrected chi connectivity index (χ2v) is 5.96. The summed E-state index contributed by atoms with van der Waals surface area (Å²) in [6, 6.07) is 9.27. The summed E-state index contributed by atoms with van der Waals surface area (Å²) in [6.45, 7) is 0. The molecule has 0 amide bonds. The first-order chi connectivity index (χ1) is 10.1. The number of hydrogen-bond acceptors (Lipinski definition) is 3. The van der Waals surface area contributed by atoms with Gasteiger partial charge in [0.25, 0.3) is 0 Å². The molecule has 1 aromatic carbocycles. The summed E-state index contributed by atoms with van der Waals surface area (Å²) in [4.78, 5) is 10.9. The first-order valence-electron chi connectivity index (χ1n) is 7.19. The van der Waals surface area contributed by atoms with Crippen molar-refractivity contribution in [1.29, 1.82) is 5.26 Å². The summed E-state index contributed by atoms with van der Waals surface area (Å²) in [5, 5.41) is 28.3. The standard InChI is InChI=1S/C17H17NO3/c18-10-17(12-3-5-14(19)6-4-12)13-2-1-11(9-13)15(17)7-8-16(20)21/h1-6,11,13,15,19H,7-9H2,(H,20,21). The van der Waals surface area contributed by atoms with E-state index < -0.39 is 11.4 Å². The Bertz CT molecular complexity index is 628. The van der Waals surface area contributed by atoms with E-state index in [4.69, 9.17) is 5.11 Å². The van der Waals surface area contributed by atoms with Gasteiger partial charge in [-0.2, -0.15) is 5.26 Å². The minimum absolute atomic E-state index is 0.0261. The normalized spacial score (nSPS) is 33.0. The molecule has 4 nitrogen and oxygen atoms in total. The van der Waals surface area contributed by atoms with Crippen molar-refractivity contribution in [2.75, 3.05) is 0 Å².